The van der Waals surface area contributed by atoms with E-state index in [0.29, 0.717) is 27.7 Å². The lowest BCUT2D eigenvalue weighted by atomic mass is 10.1. The zero-order valence-electron chi connectivity index (χ0n) is 15.1. The average Bonchev–Trinajstić information content (AvgIpc) is 3.10. The number of pyridine rings is 1. The van der Waals surface area contributed by atoms with Crippen LogP contribution in [0.3, 0.4) is 0 Å². The first-order valence-electron chi connectivity index (χ1n) is 8.29. The van der Waals surface area contributed by atoms with Crippen LogP contribution in [0.4, 0.5) is 5.13 Å². The third-order valence-corrected chi connectivity index (χ3v) is 5.21. The SMILES string of the molecule is COc1ccc(OC)c2sc(NC(=O)c3ccc4nc(C)ccc4c3)nc12. The van der Waals surface area contributed by atoms with E-state index in [0.717, 1.165) is 21.3 Å². The standard InChI is InChI=1S/C20H17N3O3S/c1-11-4-5-12-10-13(6-7-14(12)21-11)19(24)23-20-22-17-15(25-2)8-9-16(26-3)18(17)27-20/h4-10H,1-3H3,(H,22,23,24). The summed E-state index contributed by atoms with van der Waals surface area (Å²) in [6.45, 7) is 1.94. The fraction of sp³-hybridized carbons (Fsp3) is 0.150. The first-order valence-corrected chi connectivity index (χ1v) is 9.11. The maximum Gasteiger partial charge on any atom is 0.257 e. The summed E-state index contributed by atoms with van der Waals surface area (Å²) >= 11 is 1.35. The molecule has 1 N–H and O–H groups in total. The molecule has 7 heteroatoms. The number of hydrogen-bond acceptors (Lipinski definition) is 6. The number of anilines is 1. The number of thiazole rings is 1. The number of benzene rings is 2. The summed E-state index contributed by atoms with van der Waals surface area (Å²) in [4.78, 5) is 21.6. The van der Waals surface area contributed by atoms with Crippen molar-refractivity contribution in [3.05, 3.63) is 53.7 Å². The molecule has 0 bridgehead atoms. The molecule has 1 amide bonds. The lowest BCUT2D eigenvalue weighted by Crippen LogP contribution is -2.11. The number of methoxy groups -OCH3 is 2. The molecule has 0 unspecified atom stereocenters. The fourth-order valence-electron chi connectivity index (χ4n) is 2.88. The highest BCUT2D eigenvalue weighted by molar-refractivity contribution is 7.22. The van der Waals surface area contributed by atoms with Crippen molar-refractivity contribution in [2.24, 2.45) is 0 Å². The van der Waals surface area contributed by atoms with Crippen molar-refractivity contribution < 1.29 is 14.3 Å². The molecular weight excluding hydrogens is 362 g/mol. The zero-order chi connectivity index (χ0) is 19.0. The molecule has 27 heavy (non-hydrogen) atoms. The Morgan fingerprint density at radius 3 is 2.56 bits per heavy atom. The molecule has 0 saturated heterocycles. The number of nitrogens with zero attached hydrogens (tertiary/aromatic N) is 2. The molecule has 0 atom stereocenters. The summed E-state index contributed by atoms with van der Waals surface area (Å²) in [6.07, 6.45) is 0. The molecule has 4 rings (SSSR count). The second-order valence-corrected chi connectivity index (χ2v) is 6.98. The van der Waals surface area contributed by atoms with E-state index in [9.17, 15) is 4.79 Å². The summed E-state index contributed by atoms with van der Waals surface area (Å²) < 4.78 is 11.6. The highest BCUT2D eigenvalue weighted by Gasteiger charge is 2.16. The minimum Gasteiger partial charge on any atom is -0.495 e. The minimum atomic E-state index is -0.227. The van der Waals surface area contributed by atoms with Gasteiger partial charge >= 0.3 is 0 Å². The quantitative estimate of drug-likeness (QED) is 0.568. The van der Waals surface area contributed by atoms with Crippen LogP contribution in [0.2, 0.25) is 0 Å². The monoisotopic (exact) mass is 379 g/mol. The van der Waals surface area contributed by atoms with Crippen LogP contribution in [0, 0.1) is 6.92 Å². The molecule has 0 radical (unpaired) electrons. The summed E-state index contributed by atoms with van der Waals surface area (Å²) in [7, 11) is 3.19. The van der Waals surface area contributed by atoms with Crippen molar-refractivity contribution in [3.63, 3.8) is 0 Å². The number of nitrogens with one attached hydrogen (secondary N) is 1. The van der Waals surface area contributed by atoms with Gasteiger partial charge in [-0.2, -0.15) is 0 Å². The maximum absolute atomic E-state index is 12.7. The number of hydrogen-bond donors (Lipinski definition) is 1. The molecule has 2 aromatic carbocycles. The lowest BCUT2D eigenvalue weighted by Gasteiger charge is -2.04. The van der Waals surface area contributed by atoms with E-state index >= 15 is 0 Å². The van der Waals surface area contributed by atoms with Crippen LogP contribution in [0.5, 0.6) is 11.5 Å². The van der Waals surface area contributed by atoms with E-state index in [-0.39, 0.29) is 5.91 Å². The number of fused-ring (bicyclic) bond motifs is 2. The Kier molecular flexibility index (Phi) is 4.37. The van der Waals surface area contributed by atoms with Gasteiger partial charge in [0.25, 0.3) is 5.91 Å². The molecule has 2 heterocycles. The van der Waals surface area contributed by atoms with Crippen molar-refractivity contribution in [3.8, 4) is 11.5 Å². The Labute approximate surface area is 159 Å². The second kappa shape index (κ2) is 6.85. The lowest BCUT2D eigenvalue weighted by molar-refractivity contribution is 0.102. The van der Waals surface area contributed by atoms with Gasteiger partial charge in [-0.1, -0.05) is 17.4 Å². The molecule has 0 aliphatic heterocycles. The number of ether oxygens (including phenoxy) is 2. The maximum atomic E-state index is 12.7. The normalized spacial score (nSPS) is 10.9. The Hall–Kier alpha value is -3.19. The highest BCUT2D eigenvalue weighted by Crippen LogP contribution is 2.38. The van der Waals surface area contributed by atoms with E-state index in [2.05, 4.69) is 15.3 Å². The van der Waals surface area contributed by atoms with E-state index in [1.165, 1.54) is 11.3 Å². The molecule has 0 fully saturated rings. The third kappa shape index (κ3) is 3.17. The van der Waals surface area contributed by atoms with E-state index in [1.54, 1.807) is 26.4 Å². The highest BCUT2D eigenvalue weighted by atomic mass is 32.1. The molecule has 0 saturated carbocycles. The van der Waals surface area contributed by atoms with Crippen molar-refractivity contribution in [1.29, 1.82) is 0 Å². The van der Waals surface area contributed by atoms with Gasteiger partial charge in [-0.05, 0) is 43.3 Å². The number of carbonyl (C=O) groups excluding carboxylic acids is 1. The van der Waals surface area contributed by atoms with Crippen LogP contribution in [-0.4, -0.2) is 30.1 Å². The summed E-state index contributed by atoms with van der Waals surface area (Å²) in [5.74, 6) is 1.10. The molecule has 6 nitrogen and oxygen atoms in total. The van der Waals surface area contributed by atoms with Gasteiger partial charge in [0, 0.05) is 16.6 Å². The van der Waals surface area contributed by atoms with Gasteiger partial charge < -0.3 is 9.47 Å². The van der Waals surface area contributed by atoms with Crippen molar-refractivity contribution in [1.82, 2.24) is 9.97 Å². The van der Waals surface area contributed by atoms with Crippen LogP contribution >= 0.6 is 11.3 Å². The van der Waals surface area contributed by atoms with E-state index in [4.69, 9.17) is 9.47 Å². The molecule has 0 spiro atoms. The van der Waals surface area contributed by atoms with Crippen LogP contribution < -0.4 is 14.8 Å². The predicted molar refractivity (Wildman–Crippen MR) is 107 cm³/mol. The van der Waals surface area contributed by atoms with Gasteiger partial charge in [-0.15, -0.1) is 0 Å². The zero-order valence-corrected chi connectivity index (χ0v) is 15.9. The Morgan fingerprint density at radius 1 is 1.00 bits per heavy atom. The molecule has 0 aliphatic rings. The fourth-order valence-corrected chi connectivity index (χ4v) is 3.85. The minimum absolute atomic E-state index is 0.227. The number of rotatable bonds is 4. The number of aryl methyl sites for hydroxylation is 1. The van der Waals surface area contributed by atoms with Crippen molar-refractivity contribution in [2.45, 2.75) is 6.92 Å². The van der Waals surface area contributed by atoms with Gasteiger partial charge in [0.05, 0.1) is 19.7 Å². The van der Waals surface area contributed by atoms with E-state index < -0.39 is 0 Å². The largest absolute Gasteiger partial charge is 0.495 e. The van der Waals surface area contributed by atoms with Crippen molar-refractivity contribution in [2.75, 3.05) is 19.5 Å². The molecule has 2 aromatic heterocycles. The second-order valence-electron chi connectivity index (χ2n) is 5.98. The van der Waals surface area contributed by atoms with Gasteiger partial charge in [0.15, 0.2) is 5.13 Å². The Bertz CT molecular complexity index is 1130. The Balaban J connectivity index is 1.67. The molecule has 0 aliphatic carbocycles. The van der Waals surface area contributed by atoms with Crippen LogP contribution in [0.1, 0.15) is 16.1 Å². The summed E-state index contributed by atoms with van der Waals surface area (Å²) in [5, 5.41) is 4.27. The van der Waals surface area contributed by atoms with Crippen molar-refractivity contribution >= 4 is 43.5 Å². The molecule has 136 valence electrons. The first-order chi connectivity index (χ1) is 13.1. The Morgan fingerprint density at radius 2 is 1.78 bits per heavy atom. The van der Waals surface area contributed by atoms with E-state index in [1.807, 2.05) is 37.3 Å². The van der Waals surface area contributed by atoms with Gasteiger partial charge in [-0.3, -0.25) is 15.1 Å². The topological polar surface area (TPSA) is 73.3 Å². The molecular formula is C20H17N3O3S. The third-order valence-electron chi connectivity index (χ3n) is 4.22. The smallest absolute Gasteiger partial charge is 0.257 e. The first kappa shape index (κ1) is 17.2. The van der Waals surface area contributed by atoms with Gasteiger partial charge in [-0.25, -0.2) is 4.98 Å². The summed E-state index contributed by atoms with van der Waals surface area (Å²) in [5.41, 5.74) is 3.01. The van der Waals surface area contributed by atoms with Gasteiger partial charge in [0.1, 0.15) is 21.7 Å². The van der Waals surface area contributed by atoms with Gasteiger partial charge in [0.2, 0.25) is 0 Å². The van der Waals surface area contributed by atoms with Crippen LogP contribution in [0.15, 0.2) is 42.5 Å². The number of aromatic nitrogens is 2. The average molecular weight is 379 g/mol. The number of amides is 1. The number of carbonyl (C=O) groups is 1. The predicted octanol–water partition coefficient (Wildman–Crippen LogP) is 4.42. The summed E-state index contributed by atoms with van der Waals surface area (Å²) in [6, 6.07) is 12.9. The van der Waals surface area contributed by atoms with Crippen LogP contribution in [0.25, 0.3) is 21.1 Å². The molecule has 4 aromatic rings. The van der Waals surface area contributed by atoms with Crippen LogP contribution in [-0.2, 0) is 0 Å².